The van der Waals surface area contributed by atoms with E-state index in [4.69, 9.17) is 9.84 Å². The third-order valence-corrected chi connectivity index (χ3v) is 3.09. The molecule has 0 atom stereocenters. The van der Waals surface area contributed by atoms with Gasteiger partial charge in [0, 0.05) is 23.8 Å². The van der Waals surface area contributed by atoms with E-state index < -0.39 is 10.9 Å². The van der Waals surface area contributed by atoms with E-state index in [1.165, 1.54) is 37.1 Å². The summed E-state index contributed by atoms with van der Waals surface area (Å²) in [5.74, 6) is 0.0836. The van der Waals surface area contributed by atoms with E-state index in [1.807, 2.05) is 0 Å². The summed E-state index contributed by atoms with van der Waals surface area (Å²) in [6.07, 6.45) is 5.67. The number of benzene rings is 1. The van der Waals surface area contributed by atoms with Crippen molar-refractivity contribution in [2.45, 2.75) is 19.3 Å². The second-order valence-electron chi connectivity index (χ2n) is 4.73. The average molecular weight is 277 g/mol. The summed E-state index contributed by atoms with van der Waals surface area (Å²) in [6.45, 7) is 0.538. The van der Waals surface area contributed by atoms with Crippen LogP contribution < -0.4 is 4.74 Å². The van der Waals surface area contributed by atoms with Crippen molar-refractivity contribution in [3.8, 4) is 5.75 Å². The van der Waals surface area contributed by atoms with Gasteiger partial charge in [-0.05, 0) is 24.5 Å². The van der Waals surface area contributed by atoms with Crippen LogP contribution in [-0.4, -0.2) is 22.6 Å². The first-order valence-electron chi connectivity index (χ1n) is 6.38. The average Bonchev–Trinajstić information content (AvgIpc) is 3.21. The lowest BCUT2D eigenvalue weighted by molar-refractivity contribution is -0.384. The van der Waals surface area contributed by atoms with Crippen LogP contribution in [0.15, 0.2) is 24.3 Å². The Kier molecular flexibility index (Phi) is 4.34. The minimum Gasteiger partial charge on any atom is -0.493 e. The minimum absolute atomic E-state index is 0.0930. The minimum atomic E-state index is -1.11. The Bertz CT molecular complexity index is 548. The van der Waals surface area contributed by atoms with Gasteiger partial charge in [-0.25, -0.2) is 4.79 Å². The number of non-ortho nitro benzene ring substituents is 1. The van der Waals surface area contributed by atoms with Gasteiger partial charge in [0.15, 0.2) is 0 Å². The van der Waals surface area contributed by atoms with E-state index in [-0.39, 0.29) is 5.69 Å². The van der Waals surface area contributed by atoms with Gasteiger partial charge in [0.05, 0.1) is 11.5 Å². The monoisotopic (exact) mass is 277 g/mol. The first-order chi connectivity index (χ1) is 9.56. The number of carboxylic acid groups (broad SMARTS) is 1. The maximum Gasteiger partial charge on any atom is 0.328 e. The van der Waals surface area contributed by atoms with Gasteiger partial charge in [-0.2, -0.15) is 0 Å². The molecule has 0 heterocycles. The number of carbonyl (C=O) groups is 1. The molecule has 0 aromatic heterocycles. The van der Waals surface area contributed by atoms with Crippen LogP contribution in [0.5, 0.6) is 5.75 Å². The fourth-order valence-corrected chi connectivity index (χ4v) is 1.81. The summed E-state index contributed by atoms with van der Waals surface area (Å²) in [7, 11) is 0. The van der Waals surface area contributed by atoms with Gasteiger partial charge in [0.25, 0.3) is 5.69 Å². The Morgan fingerprint density at radius 1 is 1.50 bits per heavy atom. The molecule has 0 spiro atoms. The topological polar surface area (TPSA) is 89.7 Å². The molecule has 0 saturated heterocycles. The highest BCUT2D eigenvalue weighted by molar-refractivity contribution is 5.86. The van der Waals surface area contributed by atoms with Crippen LogP contribution in [0.2, 0.25) is 0 Å². The van der Waals surface area contributed by atoms with Gasteiger partial charge >= 0.3 is 5.97 Å². The quantitative estimate of drug-likeness (QED) is 0.470. The summed E-state index contributed by atoms with van der Waals surface area (Å²) in [5, 5.41) is 19.4. The predicted molar refractivity (Wildman–Crippen MR) is 72.6 cm³/mol. The van der Waals surface area contributed by atoms with Crippen LogP contribution in [0.3, 0.4) is 0 Å². The number of aliphatic carboxylic acids is 1. The Morgan fingerprint density at radius 2 is 2.25 bits per heavy atom. The molecule has 1 N–H and O–H groups in total. The van der Waals surface area contributed by atoms with Gasteiger partial charge in [0.2, 0.25) is 0 Å². The smallest absolute Gasteiger partial charge is 0.328 e. The number of hydrogen-bond acceptors (Lipinski definition) is 4. The number of ether oxygens (including phenoxy) is 1. The van der Waals surface area contributed by atoms with Crippen LogP contribution in [0, 0.1) is 16.0 Å². The van der Waals surface area contributed by atoms with Gasteiger partial charge in [0.1, 0.15) is 5.75 Å². The molecule has 0 bridgehead atoms. The SMILES string of the molecule is O=C(O)C=Cc1cc([N+](=O)[O-])ccc1OCCC1CC1. The van der Waals surface area contributed by atoms with E-state index in [2.05, 4.69) is 0 Å². The first-order valence-corrected chi connectivity index (χ1v) is 6.38. The maximum absolute atomic E-state index is 10.7. The number of rotatable bonds is 7. The lowest BCUT2D eigenvalue weighted by Crippen LogP contribution is -2.00. The van der Waals surface area contributed by atoms with Crippen molar-refractivity contribution in [3.63, 3.8) is 0 Å². The molecule has 6 nitrogen and oxygen atoms in total. The zero-order valence-corrected chi connectivity index (χ0v) is 10.8. The van der Waals surface area contributed by atoms with Crippen LogP contribution >= 0.6 is 0 Å². The second-order valence-corrected chi connectivity index (χ2v) is 4.73. The molecule has 1 saturated carbocycles. The van der Waals surface area contributed by atoms with Crippen molar-refractivity contribution in [2.75, 3.05) is 6.61 Å². The highest BCUT2D eigenvalue weighted by atomic mass is 16.6. The van der Waals surface area contributed by atoms with Crippen molar-refractivity contribution >= 4 is 17.7 Å². The molecular weight excluding hydrogens is 262 g/mol. The molecule has 106 valence electrons. The van der Waals surface area contributed by atoms with Gasteiger partial charge in [-0.1, -0.05) is 12.8 Å². The molecule has 2 rings (SSSR count). The Hall–Kier alpha value is -2.37. The summed E-state index contributed by atoms with van der Waals surface area (Å²) < 4.78 is 5.59. The van der Waals surface area contributed by atoms with Crippen LogP contribution in [0.4, 0.5) is 5.69 Å². The summed E-state index contributed by atoms with van der Waals surface area (Å²) >= 11 is 0. The highest BCUT2D eigenvalue weighted by Gasteiger charge is 2.21. The molecule has 0 amide bonds. The number of nitro benzene ring substituents is 1. The molecule has 0 unspecified atom stereocenters. The molecule has 0 radical (unpaired) electrons. The van der Waals surface area contributed by atoms with E-state index >= 15 is 0 Å². The summed E-state index contributed by atoms with van der Waals surface area (Å²) in [4.78, 5) is 20.8. The zero-order chi connectivity index (χ0) is 14.5. The summed E-state index contributed by atoms with van der Waals surface area (Å²) in [6, 6.07) is 4.17. The third kappa shape index (κ3) is 4.08. The van der Waals surface area contributed by atoms with E-state index in [9.17, 15) is 14.9 Å². The van der Waals surface area contributed by atoms with Gasteiger partial charge in [-0.3, -0.25) is 10.1 Å². The number of hydrogen-bond donors (Lipinski definition) is 1. The predicted octanol–water partition coefficient (Wildman–Crippen LogP) is 2.87. The molecule has 6 heteroatoms. The largest absolute Gasteiger partial charge is 0.493 e. The molecule has 20 heavy (non-hydrogen) atoms. The van der Waals surface area contributed by atoms with Gasteiger partial charge < -0.3 is 9.84 Å². The Morgan fingerprint density at radius 3 is 2.85 bits per heavy atom. The fraction of sp³-hybridized carbons (Fsp3) is 0.357. The van der Waals surface area contributed by atoms with E-state index in [1.54, 1.807) is 0 Å². The molecule has 0 aliphatic heterocycles. The molecule has 1 aromatic carbocycles. The zero-order valence-electron chi connectivity index (χ0n) is 10.8. The second kappa shape index (κ2) is 6.18. The van der Waals surface area contributed by atoms with Crippen LogP contribution in [0.1, 0.15) is 24.8 Å². The molecule has 1 aliphatic carbocycles. The van der Waals surface area contributed by atoms with Crippen LogP contribution in [-0.2, 0) is 4.79 Å². The normalized spacial score (nSPS) is 14.4. The van der Waals surface area contributed by atoms with Crippen molar-refractivity contribution in [2.24, 2.45) is 5.92 Å². The highest BCUT2D eigenvalue weighted by Crippen LogP contribution is 2.33. The number of nitro groups is 1. The van der Waals surface area contributed by atoms with Crippen molar-refractivity contribution in [3.05, 3.63) is 40.0 Å². The number of nitrogens with zero attached hydrogens (tertiary/aromatic N) is 1. The molecular formula is C14H15NO5. The lowest BCUT2D eigenvalue weighted by atomic mass is 10.1. The summed E-state index contributed by atoms with van der Waals surface area (Å²) in [5.41, 5.74) is 0.307. The lowest BCUT2D eigenvalue weighted by Gasteiger charge is -2.08. The van der Waals surface area contributed by atoms with E-state index in [0.29, 0.717) is 17.9 Å². The van der Waals surface area contributed by atoms with Crippen molar-refractivity contribution in [1.82, 2.24) is 0 Å². The first kappa shape index (κ1) is 14.0. The van der Waals surface area contributed by atoms with Crippen molar-refractivity contribution < 1.29 is 19.6 Å². The Labute approximate surface area is 115 Å². The van der Waals surface area contributed by atoms with E-state index in [0.717, 1.165) is 18.4 Å². The maximum atomic E-state index is 10.7. The van der Waals surface area contributed by atoms with Gasteiger partial charge in [-0.15, -0.1) is 0 Å². The third-order valence-electron chi connectivity index (χ3n) is 3.09. The van der Waals surface area contributed by atoms with Crippen LogP contribution in [0.25, 0.3) is 6.08 Å². The molecule has 1 aliphatic rings. The standard InChI is InChI=1S/C14H15NO5/c16-14(17)6-3-11-9-12(15(18)19)4-5-13(11)20-8-7-10-1-2-10/h3-6,9-10H,1-2,7-8H2,(H,16,17). The Balaban J connectivity index is 2.13. The van der Waals surface area contributed by atoms with Crippen molar-refractivity contribution in [1.29, 1.82) is 0 Å². The molecule has 1 fully saturated rings. The number of carboxylic acids is 1. The fourth-order valence-electron chi connectivity index (χ4n) is 1.81. The molecule has 1 aromatic rings.